The Bertz CT molecular complexity index is 440. The van der Waals surface area contributed by atoms with E-state index in [1.165, 1.54) is 13.4 Å². The average Bonchev–Trinajstić information content (AvgIpc) is 2.81. The fourth-order valence-corrected chi connectivity index (χ4v) is 1.19. The number of hydrogen-bond donors (Lipinski definition) is 1. The van der Waals surface area contributed by atoms with E-state index in [1.54, 1.807) is 12.3 Å². The fourth-order valence-electron chi connectivity index (χ4n) is 1.19. The summed E-state index contributed by atoms with van der Waals surface area (Å²) in [6.07, 6.45) is 2.64. The Kier molecular flexibility index (Phi) is 3.18. The van der Waals surface area contributed by atoms with Crippen molar-refractivity contribution in [1.29, 1.82) is 0 Å². The topological polar surface area (TPSA) is 100.0 Å². The highest BCUT2D eigenvalue weighted by Gasteiger charge is 2.17. The summed E-state index contributed by atoms with van der Waals surface area (Å²) in [6.45, 7) is 0.280. The second-order valence-corrected chi connectivity index (χ2v) is 3.01. The van der Waals surface area contributed by atoms with Gasteiger partial charge in [-0.3, -0.25) is 0 Å². The smallest absolute Gasteiger partial charge is 0.257 e. The van der Waals surface area contributed by atoms with E-state index in [2.05, 4.69) is 20.1 Å². The number of hydrogen-bond acceptors (Lipinski definition) is 7. The van der Waals surface area contributed by atoms with Gasteiger partial charge < -0.3 is 15.0 Å². The Morgan fingerprint density at radius 3 is 3.06 bits per heavy atom. The molecule has 2 N–H and O–H groups in total. The number of aromatic nitrogens is 4. The van der Waals surface area contributed by atoms with Gasteiger partial charge in [-0.25, -0.2) is 9.97 Å². The summed E-state index contributed by atoms with van der Waals surface area (Å²) in [5, 5.41) is 3.79. The van der Waals surface area contributed by atoms with Crippen molar-refractivity contribution in [3.63, 3.8) is 0 Å². The summed E-state index contributed by atoms with van der Waals surface area (Å²) in [4.78, 5) is 12.0. The van der Waals surface area contributed by atoms with Gasteiger partial charge in [0, 0.05) is 19.9 Å². The standard InChI is InChI=1S/C9H11N5O2/c1-15-7(4-10)9-13-8(14-16-9)6-2-3-11-5-12-6/h2-3,5,7H,4,10H2,1H3. The molecular weight excluding hydrogens is 210 g/mol. The van der Waals surface area contributed by atoms with Crippen molar-refractivity contribution >= 4 is 0 Å². The van der Waals surface area contributed by atoms with Crippen LogP contribution in [0.15, 0.2) is 23.1 Å². The molecule has 0 saturated carbocycles. The molecule has 16 heavy (non-hydrogen) atoms. The van der Waals surface area contributed by atoms with Gasteiger partial charge in [0.2, 0.25) is 5.82 Å². The maximum atomic E-state index is 5.48. The summed E-state index contributed by atoms with van der Waals surface area (Å²) >= 11 is 0. The molecule has 84 valence electrons. The van der Waals surface area contributed by atoms with E-state index in [-0.39, 0.29) is 12.6 Å². The van der Waals surface area contributed by atoms with Crippen LogP contribution < -0.4 is 5.73 Å². The molecular formula is C9H11N5O2. The number of methoxy groups -OCH3 is 1. The first-order chi connectivity index (χ1) is 7.85. The lowest BCUT2D eigenvalue weighted by atomic mass is 10.3. The normalized spacial score (nSPS) is 12.6. The Labute approximate surface area is 91.7 Å². The van der Waals surface area contributed by atoms with E-state index in [4.69, 9.17) is 15.0 Å². The Morgan fingerprint density at radius 1 is 1.56 bits per heavy atom. The van der Waals surface area contributed by atoms with Gasteiger partial charge in [0.1, 0.15) is 18.1 Å². The largest absolute Gasteiger partial charge is 0.370 e. The SMILES string of the molecule is COC(CN)c1nc(-c2ccncn2)no1. The summed E-state index contributed by atoms with van der Waals surface area (Å²) < 4.78 is 10.1. The van der Waals surface area contributed by atoms with Gasteiger partial charge in [0.15, 0.2) is 0 Å². The molecule has 0 aliphatic rings. The predicted octanol–water partition coefficient (Wildman–Crippen LogP) is 0.173. The minimum absolute atomic E-state index is 0.280. The lowest BCUT2D eigenvalue weighted by Gasteiger charge is -2.05. The first-order valence-corrected chi connectivity index (χ1v) is 4.68. The molecule has 0 saturated heterocycles. The lowest BCUT2D eigenvalue weighted by Crippen LogP contribution is -2.14. The third-order valence-electron chi connectivity index (χ3n) is 2.03. The van der Waals surface area contributed by atoms with Crippen molar-refractivity contribution in [3.8, 4) is 11.5 Å². The number of rotatable bonds is 4. The summed E-state index contributed by atoms with van der Waals surface area (Å²) in [7, 11) is 1.53. The Morgan fingerprint density at radius 2 is 2.44 bits per heavy atom. The zero-order valence-electron chi connectivity index (χ0n) is 8.70. The molecule has 0 aliphatic carbocycles. The van der Waals surface area contributed by atoms with Crippen LogP contribution in [-0.2, 0) is 4.74 Å². The van der Waals surface area contributed by atoms with Crippen LogP contribution in [0.1, 0.15) is 12.0 Å². The molecule has 0 aromatic carbocycles. The van der Waals surface area contributed by atoms with Crippen molar-refractivity contribution in [1.82, 2.24) is 20.1 Å². The highest BCUT2D eigenvalue weighted by molar-refractivity contribution is 5.46. The minimum atomic E-state index is -0.386. The van der Waals surface area contributed by atoms with E-state index in [0.717, 1.165) is 0 Å². The first kappa shape index (κ1) is 10.7. The Hall–Kier alpha value is -1.86. The molecule has 0 aliphatic heterocycles. The molecule has 0 amide bonds. The summed E-state index contributed by atoms with van der Waals surface area (Å²) in [5.74, 6) is 0.742. The predicted molar refractivity (Wildman–Crippen MR) is 54.1 cm³/mol. The molecule has 1 unspecified atom stereocenters. The van der Waals surface area contributed by atoms with Gasteiger partial charge in [-0.2, -0.15) is 4.98 Å². The maximum absolute atomic E-state index is 5.48. The molecule has 1 atom stereocenters. The van der Waals surface area contributed by atoms with Gasteiger partial charge in [-0.1, -0.05) is 5.16 Å². The van der Waals surface area contributed by atoms with E-state index in [1.807, 2.05) is 0 Å². The van der Waals surface area contributed by atoms with Crippen LogP contribution in [0, 0.1) is 0 Å². The van der Waals surface area contributed by atoms with Crippen LogP contribution in [0.2, 0.25) is 0 Å². The molecule has 2 rings (SSSR count). The Balaban J connectivity index is 2.26. The molecule has 0 fully saturated rings. The van der Waals surface area contributed by atoms with Crippen LogP contribution in [0.4, 0.5) is 0 Å². The second kappa shape index (κ2) is 4.77. The van der Waals surface area contributed by atoms with Crippen LogP contribution in [0.25, 0.3) is 11.5 Å². The van der Waals surface area contributed by atoms with E-state index >= 15 is 0 Å². The molecule has 7 nitrogen and oxygen atoms in total. The molecule has 0 bridgehead atoms. The van der Waals surface area contributed by atoms with E-state index in [0.29, 0.717) is 17.4 Å². The summed E-state index contributed by atoms with van der Waals surface area (Å²) in [6, 6.07) is 1.69. The van der Waals surface area contributed by atoms with Crippen molar-refractivity contribution < 1.29 is 9.26 Å². The van der Waals surface area contributed by atoms with Crippen LogP contribution in [-0.4, -0.2) is 33.8 Å². The number of ether oxygens (including phenoxy) is 1. The maximum Gasteiger partial charge on any atom is 0.257 e. The zero-order chi connectivity index (χ0) is 11.4. The first-order valence-electron chi connectivity index (χ1n) is 4.68. The minimum Gasteiger partial charge on any atom is -0.370 e. The zero-order valence-corrected chi connectivity index (χ0v) is 8.70. The highest BCUT2D eigenvalue weighted by atomic mass is 16.5. The lowest BCUT2D eigenvalue weighted by molar-refractivity contribution is 0.0804. The molecule has 2 aromatic heterocycles. The van der Waals surface area contributed by atoms with Crippen molar-refractivity contribution in [2.75, 3.05) is 13.7 Å². The van der Waals surface area contributed by atoms with Gasteiger partial charge in [-0.05, 0) is 6.07 Å². The van der Waals surface area contributed by atoms with Crippen LogP contribution in [0.3, 0.4) is 0 Å². The monoisotopic (exact) mass is 221 g/mol. The molecule has 0 spiro atoms. The van der Waals surface area contributed by atoms with Crippen molar-refractivity contribution in [2.45, 2.75) is 6.10 Å². The van der Waals surface area contributed by atoms with Gasteiger partial charge in [-0.15, -0.1) is 0 Å². The quantitative estimate of drug-likeness (QED) is 0.785. The average molecular weight is 221 g/mol. The van der Waals surface area contributed by atoms with Gasteiger partial charge in [0.25, 0.3) is 5.89 Å². The van der Waals surface area contributed by atoms with E-state index in [9.17, 15) is 0 Å². The second-order valence-electron chi connectivity index (χ2n) is 3.01. The third-order valence-corrected chi connectivity index (χ3v) is 2.03. The fraction of sp³-hybridized carbons (Fsp3) is 0.333. The molecule has 2 heterocycles. The van der Waals surface area contributed by atoms with Gasteiger partial charge >= 0.3 is 0 Å². The van der Waals surface area contributed by atoms with Crippen LogP contribution >= 0.6 is 0 Å². The number of nitrogens with two attached hydrogens (primary N) is 1. The van der Waals surface area contributed by atoms with Crippen molar-refractivity contribution in [2.24, 2.45) is 5.73 Å². The summed E-state index contributed by atoms with van der Waals surface area (Å²) in [5.41, 5.74) is 6.08. The highest BCUT2D eigenvalue weighted by Crippen LogP contribution is 2.17. The van der Waals surface area contributed by atoms with Crippen molar-refractivity contribution in [3.05, 3.63) is 24.5 Å². The van der Waals surface area contributed by atoms with E-state index < -0.39 is 0 Å². The molecule has 2 aromatic rings. The third kappa shape index (κ3) is 2.05. The molecule has 7 heteroatoms. The number of nitrogens with zero attached hydrogens (tertiary/aromatic N) is 4. The van der Waals surface area contributed by atoms with Crippen LogP contribution in [0.5, 0.6) is 0 Å². The molecule has 0 radical (unpaired) electrons. The van der Waals surface area contributed by atoms with Gasteiger partial charge in [0.05, 0.1) is 0 Å².